The van der Waals surface area contributed by atoms with Crippen LogP contribution in [0.25, 0.3) is 0 Å². The molecule has 0 bridgehead atoms. The van der Waals surface area contributed by atoms with Gasteiger partial charge in [0, 0.05) is 13.2 Å². The van der Waals surface area contributed by atoms with Crippen molar-refractivity contribution >= 4 is 11.8 Å². The first kappa shape index (κ1) is 12.4. The Kier molecular flexibility index (Phi) is 5.03. The number of ether oxygens (including phenoxy) is 1. The number of methoxy groups -OCH3 is 1. The number of H-pyrrole nitrogens is 1. The lowest BCUT2D eigenvalue weighted by Gasteiger charge is -2.18. The minimum absolute atomic E-state index is 0.0250. The van der Waals surface area contributed by atoms with Crippen LogP contribution in [0, 0.1) is 6.92 Å². The van der Waals surface area contributed by atoms with E-state index in [9.17, 15) is 0 Å². The van der Waals surface area contributed by atoms with Gasteiger partial charge >= 0.3 is 0 Å². The Morgan fingerprint density at radius 2 is 2.40 bits per heavy atom. The van der Waals surface area contributed by atoms with E-state index in [1.165, 1.54) is 11.8 Å². The molecule has 15 heavy (non-hydrogen) atoms. The first-order valence-electron chi connectivity index (χ1n) is 4.58. The summed E-state index contributed by atoms with van der Waals surface area (Å²) >= 11 is 1.35. The number of nitrogens with zero attached hydrogens (tertiary/aromatic N) is 2. The number of hydrogen-bond acceptors (Lipinski definition) is 6. The molecule has 1 rings (SSSR count). The molecule has 0 aliphatic heterocycles. The second-order valence-corrected chi connectivity index (χ2v) is 4.37. The Labute approximate surface area is 92.6 Å². The summed E-state index contributed by atoms with van der Waals surface area (Å²) in [7, 11) is 1.58. The summed E-state index contributed by atoms with van der Waals surface area (Å²) < 4.78 is 4.93. The van der Waals surface area contributed by atoms with Crippen LogP contribution < -0.4 is 5.73 Å². The quantitative estimate of drug-likeness (QED) is 0.574. The molecule has 0 aliphatic carbocycles. The van der Waals surface area contributed by atoms with Crippen LogP contribution in [-0.2, 0) is 4.74 Å². The van der Waals surface area contributed by atoms with E-state index < -0.39 is 0 Å². The Balaban J connectivity index is 2.53. The molecule has 0 fully saturated rings. The molecule has 0 saturated heterocycles. The van der Waals surface area contributed by atoms with Gasteiger partial charge < -0.3 is 15.6 Å². The standard InChI is InChI=1S/C8H16N4O2S/c1-5-10-8(12-11-5)15-7(3-13)6(9)4-14-2/h6-7,13H,3-4,9H2,1-2H3,(H,10,11,12). The number of nitrogens with one attached hydrogen (secondary N) is 1. The molecular formula is C8H16N4O2S. The molecule has 1 heterocycles. The summed E-state index contributed by atoms with van der Waals surface area (Å²) in [6, 6.07) is -0.233. The Morgan fingerprint density at radius 1 is 1.67 bits per heavy atom. The highest BCUT2D eigenvalue weighted by molar-refractivity contribution is 7.99. The van der Waals surface area contributed by atoms with Gasteiger partial charge in [-0.15, -0.1) is 5.10 Å². The molecule has 0 aromatic carbocycles. The molecule has 86 valence electrons. The maximum Gasteiger partial charge on any atom is 0.208 e. The van der Waals surface area contributed by atoms with E-state index in [4.69, 9.17) is 15.6 Å². The van der Waals surface area contributed by atoms with E-state index in [1.807, 2.05) is 6.92 Å². The third-order valence-corrected chi connectivity index (χ3v) is 3.04. The van der Waals surface area contributed by atoms with Crippen LogP contribution in [0.15, 0.2) is 5.16 Å². The summed E-state index contributed by atoms with van der Waals surface area (Å²) in [5, 5.41) is 16.3. The van der Waals surface area contributed by atoms with Crippen molar-refractivity contribution in [2.45, 2.75) is 23.4 Å². The molecule has 0 amide bonds. The second kappa shape index (κ2) is 6.06. The van der Waals surface area contributed by atoms with Gasteiger partial charge in [-0.2, -0.15) is 0 Å². The maximum absolute atomic E-state index is 9.17. The van der Waals surface area contributed by atoms with Gasteiger partial charge in [0.25, 0.3) is 0 Å². The highest BCUT2D eigenvalue weighted by Crippen LogP contribution is 2.20. The van der Waals surface area contributed by atoms with Crippen molar-refractivity contribution in [3.8, 4) is 0 Å². The normalized spacial score (nSPS) is 15.2. The van der Waals surface area contributed by atoms with Crippen LogP contribution in [0.1, 0.15) is 5.82 Å². The fraction of sp³-hybridized carbons (Fsp3) is 0.750. The van der Waals surface area contributed by atoms with Crippen molar-refractivity contribution in [3.05, 3.63) is 5.82 Å². The zero-order chi connectivity index (χ0) is 11.3. The molecular weight excluding hydrogens is 216 g/mol. The zero-order valence-corrected chi connectivity index (χ0v) is 9.62. The van der Waals surface area contributed by atoms with Gasteiger partial charge in [0.05, 0.1) is 18.5 Å². The van der Waals surface area contributed by atoms with Gasteiger partial charge in [-0.25, -0.2) is 4.98 Å². The lowest BCUT2D eigenvalue weighted by atomic mass is 10.2. The van der Waals surface area contributed by atoms with Crippen molar-refractivity contribution in [1.29, 1.82) is 0 Å². The highest BCUT2D eigenvalue weighted by atomic mass is 32.2. The van der Waals surface area contributed by atoms with Crippen LogP contribution in [0.3, 0.4) is 0 Å². The van der Waals surface area contributed by atoms with Crippen LogP contribution in [0.2, 0.25) is 0 Å². The minimum atomic E-state index is -0.233. The zero-order valence-electron chi connectivity index (χ0n) is 8.80. The van der Waals surface area contributed by atoms with Crippen molar-refractivity contribution < 1.29 is 9.84 Å². The summed E-state index contributed by atoms with van der Waals surface area (Å²) in [5.74, 6) is 0.745. The average Bonchev–Trinajstić information content (AvgIpc) is 2.61. The van der Waals surface area contributed by atoms with Crippen molar-refractivity contribution in [1.82, 2.24) is 15.2 Å². The number of aromatic nitrogens is 3. The predicted molar refractivity (Wildman–Crippen MR) is 57.7 cm³/mol. The van der Waals surface area contributed by atoms with E-state index in [-0.39, 0.29) is 17.9 Å². The van der Waals surface area contributed by atoms with E-state index >= 15 is 0 Å². The lowest BCUT2D eigenvalue weighted by molar-refractivity contribution is 0.167. The highest BCUT2D eigenvalue weighted by Gasteiger charge is 2.20. The molecule has 0 aliphatic rings. The Hall–Kier alpha value is -0.630. The molecule has 1 aromatic heterocycles. The van der Waals surface area contributed by atoms with Crippen LogP contribution in [0.4, 0.5) is 0 Å². The molecule has 6 nitrogen and oxygen atoms in total. The number of nitrogens with two attached hydrogens (primary N) is 1. The van der Waals surface area contributed by atoms with E-state index in [0.29, 0.717) is 11.8 Å². The predicted octanol–water partition coefficient (Wildman–Crippen LogP) is -0.460. The summed E-state index contributed by atoms with van der Waals surface area (Å²) in [6.07, 6.45) is 0. The monoisotopic (exact) mass is 232 g/mol. The van der Waals surface area contributed by atoms with Crippen molar-refractivity contribution in [2.24, 2.45) is 5.73 Å². The van der Waals surface area contributed by atoms with E-state index in [0.717, 1.165) is 5.82 Å². The fourth-order valence-corrected chi connectivity index (χ4v) is 1.96. The minimum Gasteiger partial charge on any atom is -0.395 e. The number of thioether (sulfide) groups is 1. The van der Waals surface area contributed by atoms with Crippen molar-refractivity contribution in [2.75, 3.05) is 20.3 Å². The first-order chi connectivity index (χ1) is 7.17. The summed E-state index contributed by atoms with van der Waals surface area (Å²) in [6.45, 7) is 2.20. The second-order valence-electron chi connectivity index (χ2n) is 3.16. The van der Waals surface area contributed by atoms with E-state index in [2.05, 4.69) is 15.2 Å². The van der Waals surface area contributed by atoms with E-state index in [1.54, 1.807) is 7.11 Å². The Bertz CT molecular complexity index is 294. The van der Waals surface area contributed by atoms with Gasteiger partial charge in [-0.05, 0) is 6.92 Å². The fourth-order valence-electron chi connectivity index (χ4n) is 1.07. The number of aliphatic hydroxyl groups is 1. The largest absolute Gasteiger partial charge is 0.395 e. The number of aryl methyl sites for hydroxylation is 1. The summed E-state index contributed by atoms with van der Waals surface area (Å²) in [5.41, 5.74) is 5.82. The number of aliphatic hydroxyl groups excluding tert-OH is 1. The Morgan fingerprint density at radius 3 is 2.87 bits per heavy atom. The van der Waals surface area contributed by atoms with Gasteiger partial charge in [0.2, 0.25) is 5.16 Å². The maximum atomic E-state index is 9.17. The van der Waals surface area contributed by atoms with Gasteiger partial charge in [0.15, 0.2) is 0 Å². The molecule has 4 N–H and O–H groups in total. The molecule has 1 aromatic rings. The SMILES string of the molecule is COCC(N)C(CO)Sc1n[nH]c(C)n1. The molecule has 2 atom stereocenters. The van der Waals surface area contributed by atoms with Crippen LogP contribution >= 0.6 is 11.8 Å². The molecule has 0 spiro atoms. The lowest BCUT2D eigenvalue weighted by Crippen LogP contribution is -2.38. The molecule has 0 radical (unpaired) electrons. The molecule has 7 heteroatoms. The molecule has 0 saturated carbocycles. The van der Waals surface area contributed by atoms with Crippen molar-refractivity contribution in [3.63, 3.8) is 0 Å². The summed E-state index contributed by atoms with van der Waals surface area (Å²) in [4.78, 5) is 4.13. The van der Waals surface area contributed by atoms with Gasteiger partial charge in [0.1, 0.15) is 5.82 Å². The van der Waals surface area contributed by atoms with Gasteiger partial charge in [-0.3, -0.25) is 5.10 Å². The van der Waals surface area contributed by atoms with Gasteiger partial charge in [-0.1, -0.05) is 11.8 Å². The topological polar surface area (TPSA) is 97.0 Å². The smallest absolute Gasteiger partial charge is 0.208 e. The first-order valence-corrected chi connectivity index (χ1v) is 5.46. The van der Waals surface area contributed by atoms with Crippen LogP contribution in [-0.4, -0.2) is 51.9 Å². The molecule has 2 unspecified atom stereocenters. The third-order valence-electron chi connectivity index (χ3n) is 1.85. The number of hydrogen-bond donors (Lipinski definition) is 3. The number of rotatable bonds is 6. The average molecular weight is 232 g/mol. The number of aromatic amines is 1. The van der Waals surface area contributed by atoms with Crippen LogP contribution in [0.5, 0.6) is 0 Å². The third kappa shape index (κ3) is 3.78.